The quantitative estimate of drug-likeness (QED) is 0.369. The van der Waals surface area contributed by atoms with Gasteiger partial charge in [0, 0.05) is 31.5 Å². The SMILES string of the molecule is O=CC[C@H](NC(=O)C1CCN(C=O)CC1)C(=O)COc1c(F)c(F)cc(F)c1F. The van der Waals surface area contributed by atoms with Crippen LogP contribution in [-0.2, 0) is 19.2 Å². The highest BCUT2D eigenvalue weighted by molar-refractivity contribution is 5.92. The number of nitrogens with one attached hydrogen (secondary N) is 1. The Morgan fingerprint density at radius 1 is 1.14 bits per heavy atom. The van der Waals surface area contributed by atoms with Gasteiger partial charge in [-0.2, -0.15) is 8.78 Å². The summed E-state index contributed by atoms with van der Waals surface area (Å²) in [4.78, 5) is 47.5. The minimum absolute atomic E-state index is 0.00925. The van der Waals surface area contributed by atoms with Crippen LogP contribution in [0.1, 0.15) is 19.3 Å². The fourth-order valence-corrected chi connectivity index (χ4v) is 2.85. The molecule has 2 amide bonds. The van der Waals surface area contributed by atoms with E-state index >= 15 is 0 Å². The highest BCUT2D eigenvalue weighted by atomic mass is 19.2. The number of piperidine rings is 1. The molecule has 1 aliphatic heterocycles. The number of ketones is 1. The predicted octanol–water partition coefficient (Wildman–Crippen LogP) is 1.13. The predicted molar refractivity (Wildman–Crippen MR) is 89.7 cm³/mol. The Labute approximate surface area is 163 Å². The van der Waals surface area contributed by atoms with Gasteiger partial charge in [-0.25, -0.2) is 8.78 Å². The first-order valence-electron chi connectivity index (χ1n) is 8.70. The van der Waals surface area contributed by atoms with Crippen molar-refractivity contribution in [2.24, 2.45) is 5.92 Å². The molecule has 11 heteroatoms. The van der Waals surface area contributed by atoms with E-state index in [0.717, 1.165) is 0 Å². The van der Waals surface area contributed by atoms with Gasteiger partial charge in [-0.05, 0) is 12.8 Å². The van der Waals surface area contributed by atoms with Gasteiger partial charge >= 0.3 is 0 Å². The van der Waals surface area contributed by atoms with Crippen molar-refractivity contribution in [3.63, 3.8) is 0 Å². The van der Waals surface area contributed by atoms with Crippen molar-refractivity contribution >= 4 is 24.4 Å². The molecule has 7 nitrogen and oxygen atoms in total. The van der Waals surface area contributed by atoms with Crippen LogP contribution in [-0.4, -0.2) is 55.0 Å². The monoisotopic (exact) mass is 418 g/mol. The number of likely N-dealkylation sites (tertiary alicyclic amines) is 1. The van der Waals surface area contributed by atoms with E-state index in [9.17, 15) is 36.7 Å². The molecule has 1 atom stereocenters. The molecule has 29 heavy (non-hydrogen) atoms. The summed E-state index contributed by atoms with van der Waals surface area (Å²) in [5, 5.41) is 2.37. The lowest BCUT2D eigenvalue weighted by Crippen LogP contribution is -2.47. The molecular weight excluding hydrogens is 400 g/mol. The lowest BCUT2D eigenvalue weighted by atomic mass is 9.95. The van der Waals surface area contributed by atoms with Crippen molar-refractivity contribution in [1.82, 2.24) is 10.2 Å². The number of amides is 2. The molecule has 1 saturated heterocycles. The number of halogens is 4. The van der Waals surface area contributed by atoms with Gasteiger partial charge in [0.15, 0.2) is 23.2 Å². The number of hydrogen-bond acceptors (Lipinski definition) is 5. The normalized spacial score (nSPS) is 15.5. The van der Waals surface area contributed by atoms with Gasteiger partial charge in [-0.3, -0.25) is 14.4 Å². The number of rotatable bonds is 9. The fourth-order valence-electron chi connectivity index (χ4n) is 2.85. The van der Waals surface area contributed by atoms with Crippen LogP contribution in [0.25, 0.3) is 0 Å². The van der Waals surface area contributed by atoms with Crippen molar-refractivity contribution in [2.45, 2.75) is 25.3 Å². The first kappa shape index (κ1) is 22.3. The van der Waals surface area contributed by atoms with Crippen LogP contribution in [0.15, 0.2) is 6.07 Å². The van der Waals surface area contributed by atoms with Gasteiger partial charge in [0.25, 0.3) is 0 Å². The van der Waals surface area contributed by atoms with E-state index in [2.05, 4.69) is 10.1 Å². The second kappa shape index (κ2) is 9.99. The van der Waals surface area contributed by atoms with E-state index < -0.39 is 65.7 Å². The molecule has 0 bridgehead atoms. The molecule has 0 unspecified atom stereocenters. The smallest absolute Gasteiger partial charge is 0.223 e. The van der Waals surface area contributed by atoms with Crippen molar-refractivity contribution < 1.29 is 41.5 Å². The topological polar surface area (TPSA) is 92.8 Å². The minimum atomic E-state index is -1.81. The Balaban J connectivity index is 2.00. The molecule has 1 aromatic carbocycles. The van der Waals surface area contributed by atoms with Crippen molar-refractivity contribution in [3.8, 4) is 5.75 Å². The third-order valence-corrected chi connectivity index (χ3v) is 4.52. The lowest BCUT2D eigenvalue weighted by molar-refractivity contribution is -0.133. The molecule has 1 aromatic rings. The second-order valence-electron chi connectivity index (χ2n) is 6.43. The molecular formula is C18H18F4N2O5. The summed E-state index contributed by atoms with van der Waals surface area (Å²) < 4.78 is 58.1. The maximum Gasteiger partial charge on any atom is 0.223 e. The summed E-state index contributed by atoms with van der Waals surface area (Å²) in [6, 6.07) is -1.35. The highest BCUT2D eigenvalue weighted by Gasteiger charge is 2.29. The number of hydrogen-bond donors (Lipinski definition) is 1. The zero-order chi connectivity index (χ0) is 21.6. The zero-order valence-electron chi connectivity index (χ0n) is 15.1. The van der Waals surface area contributed by atoms with Crippen LogP contribution >= 0.6 is 0 Å². The third kappa shape index (κ3) is 5.52. The van der Waals surface area contributed by atoms with E-state index in [4.69, 9.17) is 0 Å². The fraction of sp³-hybridized carbons (Fsp3) is 0.444. The summed E-state index contributed by atoms with van der Waals surface area (Å²) in [6.07, 6.45) is 1.33. The number of ether oxygens (including phenoxy) is 1. The van der Waals surface area contributed by atoms with Crippen LogP contribution in [0.2, 0.25) is 0 Å². The number of carbonyl (C=O) groups excluding carboxylic acids is 4. The van der Waals surface area contributed by atoms with Crippen LogP contribution in [0.3, 0.4) is 0 Å². The molecule has 1 fully saturated rings. The Bertz CT molecular complexity index is 771. The molecule has 0 spiro atoms. The molecule has 1 heterocycles. The van der Waals surface area contributed by atoms with Crippen molar-refractivity contribution in [3.05, 3.63) is 29.3 Å². The summed E-state index contributed by atoms with van der Waals surface area (Å²) in [7, 11) is 0. The zero-order valence-corrected chi connectivity index (χ0v) is 15.1. The summed E-state index contributed by atoms with van der Waals surface area (Å²) in [5.74, 6) is -10.4. The minimum Gasteiger partial charge on any atom is -0.479 e. The molecule has 2 rings (SSSR count). The molecule has 0 radical (unpaired) electrons. The Kier molecular flexibility index (Phi) is 7.68. The van der Waals surface area contributed by atoms with Gasteiger partial charge in [0.05, 0.1) is 6.04 Å². The Morgan fingerprint density at radius 3 is 2.24 bits per heavy atom. The maximum atomic E-state index is 13.6. The number of aldehydes is 1. The lowest BCUT2D eigenvalue weighted by Gasteiger charge is -2.29. The number of nitrogens with zero attached hydrogens (tertiary/aromatic N) is 1. The largest absolute Gasteiger partial charge is 0.479 e. The van der Waals surface area contributed by atoms with E-state index in [1.165, 1.54) is 4.90 Å². The molecule has 0 saturated carbocycles. The second-order valence-corrected chi connectivity index (χ2v) is 6.43. The van der Waals surface area contributed by atoms with Gasteiger partial charge < -0.3 is 19.7 Å². The number of benzene rings is 1. The van der Waals surface area contributed by atoms with Gasteiger partial charge in [-0.15, -0.1) is 0 Å². The third-order valence-electron chi connectivity index (χ3n) is 4.52. The van der Waals surface area contributed by atoms with E-state index in [1.807, 2.05) is 0 Å². The molecule has 1 aliphatic rings. The van der Waals surface area contributed by atoms with Crippen LogP contribution in [0.5, 0.6) is 5.75 Å². The number of Topliss-reactive ketones (excluding diaryl/α,β-unsaturated/α-hetero) is 1. The molecule has 0 aromatic heterocycles. The standard InChI is InChI=1S/C18H18F4N2O5/c19-11-7-12(20)16(22)17(15(11)21)29-8-14(27)13(3-6-25)23-18(28)10-1-4-24(9-26)5-2-10/h6-7,9-10,13H,1-5,8H2,(H,23,28)/t13-/m0/s1. The number of carbonyl (C=O) groups is 4. The average Bonchev–Trinajstić information content (AvgIpc) is 2.71. The maximum absolute atomic E-state index is 13.6. The Morgan fingerprint density at radius 2 is 1.72 bits per heavy atom. The van der Waals surface area contributed by atoms with Crippen LogP contribution in [0.4, 0.5) is 17.6 Å². The molecule has 158 valence electrons. The van der Waals surface area contributed by atoms with E-state index in [0.29, 0.717) is 38.6 Å². The first-order chi connectivity index (χ1) is 13.8. The van der Waals surface area contributed by atoms with Crippen molar-refractivity contribution in [1.29, 1.82) is 0 Å². The van der Waals surface area contributed by atoms with Gasteiger partial charge in [0.1, 0.15) is 12.9 Å². The summed E-state index contributed by atoms with van der Waals surface area (Å²) in [5.41, 5.74) is 0. The van der Waals surface area contributed by atoms with Gasteiger partial charge in [0.2, 0.25) is 24.0 Å². The Hall–Kier alpha value is -2.98. The highest BCUT2D eigenvalue weighted by Crippen LogP contribution is 2.26. The van der Waals surface area contributed by atoms with E-state index in [-0.39, 0.29) is 6.07 Å². The molecule has 1 N–H and O–H groups in total. The first-order valence-corrected chi connectivity index (χ1v) is 8.70. The van der Waals surface area contributed by atoms with Crippen molar-refractivity contribution in [2.75, 3.05) is 19.7 Å². The summed E-state index contributed by atoms with van der Waals surface area (Å²) in [6.45, 7) is -0.305. The van der Waals surface area contributed by atoms with Crippen LogP contribution in [0, 0.1) is 29.2 Å². The average molecular weight is 418 g/mol. The van der Waals surface area contributed by atoms with Crippen LogP contribution < -0.4 is 10.1 Å². The van der Waals surface area contributed by atoms with Gasteiger partial charge in [-0.1, -0.05) is 0 Å². The van der Waals surface area contributed by atoms with E-state index in [1.54, 1.807) is 0 Å². The summed E-state index contributed by atoms with van der Waals surface area (Å²) >= 11 is 0. The molecule has 0 aliphatic carbocycles.